The van der Waals surface area contributed by atoms with Gasteiger partial charge in [0.2, 0.25) is 15.9 Å². The maximum atomic E-state index is 15.5. The highest BCUT2D eigenvalue weighted by Crippen LogP contribution is 2.68. The number of benzene rings is 3. The average Bonchev–Trinajstić information content (AvgIpc) is 3.60. The van der Waals surface area contributed by atoms with Crippen molar-refractivity contribution in [3.8, 4) is 22.5 Å². The van der Waals surface area contributed by atoms with Gasteiger partial charge < -0.3 is 9.87 Å². The van der Waals surface area contributed by atoms with Crippen LogP contribution in [0.4, 0.5) is 38.0 Å². The number of aromatic nitrogens is 8. The molecule has 3 N–H and O–H groups in total. The molecule has 0 radical (unpaired) electrons. The summed E-state index contributed by atoms with van der Waals surface area (Å²) in [7, 11) is -0.582. The molecule has 3 aromatic carbocycles. The van der Waals surface area contributed by atoms with Gasteiger partial charge >= 0.3 is 0 Å². The van der Waals surface area contributed by atoms with E-state index in [1.54, 1.807) is 55.2 Å². The van der Waals surface area contributed by atoms with Gasteiger partial charge in [-0.2, -0.15) is 28.8 Å². The second kappa shape index (κ2) is 15.3. The first-order valence-corrected chi connectivity index (χ1v) is 22.6. The summed E-state index contributed by atoms with van der Waals surface area (Å²) in [4.78, 5) is 24.0. The van der Waals surface area contributed by atoms with E-state index in [2.05, 4.69) is 30.1 Å². The van der Waals surface area contributed by atoms with Gasteiger partial charge in [0.15, 0.2) is 11.6 Å². The molecule has 2 aliphatic rings. The van der Waals surface area contributed by atoms with E-state index < -0.39 is 87.1 Å². The Balaban J connectivity index is 1.22. The Morgan fingerprint density at radius 1 is 0.952 bits per heavy atom. The SMILES string of the molecule is Cn1nc(N[S+](C)[O-])c2cccc(-c3cnc(C(Cc4cc(F)cc(F)c4)NC(=O)Cn4nc(C(F)F)c5c4C(F)(F)[C@@H]4C[C@H]54)c(-c4cccc5c(NS(C)(=O)=O)nn(C)c45)n3)c21. The van der Waals surface area contributed by atoms with E-state index in [-0.39, 0.29) is 46.9 Å². The molecule has 328 valence electrons. The first-order chi connectivity index (χ1) is 29.8. The smallest absolute Gasteiger partial charge is 0.293 e. The molecule has 7 aromatic rings. The van der Waals surface area contributed by atoms with Crippen molar-refractivity contribution < 1.29 is 44.1 Å². The van der Waals surface area contributed by atoms with E-state index in [9.17, 15) is 35.3 Å². The summed E-state index contributed by atoms with van der Waals surface area (Å²) in [6.45, 7) is -0.918. The van der Waals surface area contributed by atoms with Gasteiger partial charge in [-0.15, -0.1) is 0 Å². The van der Waals surface area contributed by atoms with Crippen molar-refractivity contribution >= 4 is 60.7 Å². The monoisotopic (exact) mass is 911 g/mol. The number of rotatable bonds is 13. The van der Waals surface area contributed by atoms with Crippen LogP contribution < -0.4 is 14.8 Å². The summed E-state index contributed by atoms with van der Waals surface area (Å²) in [6.07, 6.45) is 0.292. The van der Waals surface area contributed by atoms with E-state index in [1.807, 2.05) is 0 Å². The van der Waals surface area contributed by atoms with Crippen molar-refractivity contribution in [2.24, 2.45) is 20.0 Å². The molecule has 2 aliphatic carbocycles. The molecular formula is C40H35F6N11O4S2. The molecule has 2 unspecified atom stereocenters. The number of aryl methyl sites for hydroxylation is 2. The molecule has 0 aliphatic heterocycles. The number of amides is 1. The van der Waals surface area contributed by atoms with Crippen LogP contribution in [0.1, 0.15) is 53.0 Å². The van der Waals surface area contributed by atoms with Crippen molar-refractivity contribution in [3.05, 3.63) is 101 Å². The van der Waals surface area contributed by atoms with Crippen LogP contribution in [0.5, 0.6) is 0 Å². The highest BCUT2D eigenvalue weighted by Gasteiger charge is 2.67. The summed E-state index contributed by atoms with van der Waals surface area (Å²) in [5, 5.41) is 16.3. The Kier molecular flexibility index (Phi) is 10.2. The lowest BCUT2D eigenvalue weighted by Gasteiger charge is -2.23. The van der Waals surface area contributed by atoms with Crippen molar-refractivity contribution in [3.63, 3.8) is 0 Å². The Morgan fingerprint density at radius 2 is 1.59 bits per heavy atom. The molecule has 1 fully saturated rings. The molecule has 23 heteroatoms. The van der Waals surface area contributed by atoms with Crippen LogP contribution in [-0.4, -0.2) is 70.7 Å². The number of para-hydroxylation sites is 2. The van der Waals surface area contributed by atoms with E-state index in [1.165, 1.54) is 17.1 Å². The highest BCUT2D eigenvalue weighted by atomic mass is 32.2. The van der Waals surface area contributed by atoms with Gasteiger partial charge in [0, 0.05) is 53.5 Å². The van der Waals surface area contributed by atoms with Crippen LogP contribution in [0.2, 0.25) is 0 Å². The lowest BCUT2D eigenvalue weighted by Crippen LogP contribution is -2.35. The van der Waals surface area contributed by atoms with Crippen molar-refractivity contribution in [2.75, 3.05) is 22.0 Å². The van der Waals surface area contributed by atoms with Gasteiger partial charge in [0.1, 0.15) is 35.8 Å². The van der Waals surface area contributed by atoms with Crippen LogP contribution >= 0.6 is 0 Å². The lowest BCUT2D eigenvalue weighted by atomic mass is 9.96. The molecule has 1 amide bonds. The van der Waals surface area contributed by atoms with Gasteiger partial charge in [0.25, 0.3) is 12.3 Å². The van der Waals surface area contributed by atoms with Crippen molar-refractivity contribution in [1.82, 2.24) is 44.6 Å². The van der Waals surface area contributed by atoms with Crippen LogP contribution in [0.3, 0.4) is 0 Å². The van der Waals surface area contributed by atoms with Crippen LogP contribution in [0.25, 0.3) is 44.3 Å². The zero-order chi connectivity index (χ0) is 44.9. The molecule has 1 saturated carbocycles. The van der Waals surface area contributed by atoms with Gasteiger partial charge in [-0.05, 0) is 48.6 Å². The molecule has 0 saturated heterocycles. The number of alkyl halides is 4. The molecule has 15 nitrogen and oxygen atoms in total. The number of nitrogens with one attached hydrogen (secondary N) is 3. The maximum Gasteiger partial charge on any atom is 0.293 e. The number of sulfonamides is 1. The maximum absolute atomic E-state index is 15.5. The minimum Gasteiger partial charge on any atom is -0.593 e. The Hall–Kier alpha value is -6.20. The Morgan fingerprint density at radius 3 is 2.24 bits per heavy atom. The number of hydrogen-bond donors (Lipinski definition) is 3. The normalized spacial score (nSPS) is 17.5. The van der Waals surface area contributed by atoms with Crippen LogP contribution in [0.15, 0.2) is 60.8 Å². The zero-order valence-corrected chi connectivity index (χ0v) is 35.1. The second-order valence-corrected chi connectivity index (χ2v) is 18.4. The van der Waals surface area contributed by atoms with Crippen LogP contribution in [-0.2, 0) is 59.2 Å². The fourth-order valence-electron chi connectivity index (χ4n) is 8.65. The third-order valence-electron chi connectivity index (χ3n) is 11.1. The van der Waals surface area contributed by atoms with E-state index >= 15 is 8.78 Å². The van der Waals surface area contributed by atoms with Crippen LogP contribution in [0, 0.1) is 17.6 Å². The second-order valence-electron chi connectivity index (χ2n) is 15.5. The number of nitrogens with zero attached hydrogens (tertiary/aromatic N) is 8. The molecule has 9 rings (SSSR count). The van der Waals surface area contributed by atoms with E-state index in [0.717, 1.165) is 18.4 Å². The quantitative estimate of drug-likeness (QED) is 0.0865. The number of hydrogen-bond acceptors (Lipinski definition) is 10. The molecular weight excluding hydrogens is 877 g/mol. The molecule has 4 atom stereocenters. The van der Waals surface area contributed by atoms with Gasteiger partial charge in [-0.25, -0.2) is 31.0 Å². The lowest BCUT2D eigenvalue weighted by molar-refractivity contribution is -0.123. The molecule has 0 bridgehead atoms. The fourth-order valence-corrected chi connectivity index (χ4v) is 9.57. The first kappa shape index (κ1) is 42.1. The Labute approximate surface area is 357 Å². The summed E-state index contributed by atoms with van der Waals surface area (Å²) >= 11 is -1.47. The third kappa shape index (κ3) is 7.60. The average molecular weight is 912 g/mol. The first-order valence-electron chi connectivity index (χ1n) is 19.2. The van der Waals surface area contributed by atoms with Crippen molar-refractivity contribution in [2.45, 2.75) is 43.7 Å². The fraction of sp³-hybridized carbons (Fsp3) is 0.300. The number of carbonyl (C=O) groups is 1. The largest absolute Gasteiger partial charge is 0.593 e. The van der Waals surface area contributed by atoms with Gasteiger partial charge in [0.05, 0.1) is 58.0 Å². The Bertz CT molecular complexity index is 3100. The third-order valence-corrected chi connectivity index (χ3v) is 12.1. The zero-order valence-electron chi connectivity index (χ0n) is 33.5. The van der Waals surface area contributed by atoms with E-state index in [4.69, 9.17) is 9.97 Å². The van der Waals surface area contributed by atoms with Gasteiger partial charge in [-0.1, -0.05) is 24.3 Å². The summed E-state index contributed by atoms with van der Waals surface area (Å²) in [5.74, 6) is -8.01. The summed E-state index contributed by atoms with van der Waals surface area (Å²) in [6, 6.07) is 11.5. The topological polar surface area (TPSA) is 190 Å². The summed E-state index contributed by atoms with van der Waals surface area (Å²) in [5.41, 5.74) is 0.282. The van der Waals surface area contributed by atoms with Gasteiger partial charge in [-0.3, -0.25) is 28.5 Å². The summed E-state index contributed by atoms with van der Waals surface area (Å²) < 4.78 is 134. The van der Waals surface area contributed by atoms with E-state index in [0.29, 0.717) is 49.5 Å². The molecule has 63 heavy (non-hydrogen) atoms. The molecule has 0 spiro atoms. The number of anilines is 2. The minimum atomic E-state index is -3.81. The number of halogens is 6. The number of fused-ring (bicyclic) bond motifs is 5. The minimum absolute atomic E-state index is 0.00884. The standard InChI is InChI=1S/C40H35F6N11O4S2/c1-55-34-21(7-5-9-23(34)38(51-55)53-62(3)59)28-16-47-32(31(49-28)22-8-6-10-24-35(22)56(2)52-39(24)54-63(4,60)61)27(13-18-11-19(41)14-20(42)12-18)48-29(58)17-57-36-30(33(50-57)37(43)44)25-15-26(25)40(36,45)46/h5-12,14,16,25-27,37H,13,15,17H2,1-4H3,(H,48,58)(H,51,53)(H,52,54)/t25-,26+,27?,62?/m0/s1. The molecule has 4 aromatic heterocycles. The van der Waals surface area contributed by atoms with Crippen molar-refractivity contribution in [1.29, 1.82) is 0 Å². The predicted octanol–water partition coefficient (Wildman–Crippen LogP) is 6.38. The molecule has 4 heterocycles. The predicted molar refractivity (Wildman–Crippen MR) is 220 cm³/mol. The number of carbonyl (C=O) groups excluding carboxylic acids is 1. The highest BCUT2D eigenvalue weighted by molar-refractivity contribution is 7.92.